The van der Waals surface area contributed by atoms with Gasteiger partial charge in [0.15, 0.2) is 0 Å². The lowest BCUT2D eigenvalue weighted by Crippen LogP contribution is -2.37. The van der Waals surface area contributed by atoms with Gasteiger partial charge < -0.3 is 20.3 Å². The molecule has 0 radical (unpaired) electrons. The molecule has 142 valence electrons. The van der Waals surface area contributed by atoms with Crippen LogP contribution >= 0.6 is 0 Å². The fraction of sp³-hybridized carbons (Fsp3) is 0.500. The van der Waals surface area contributed by atoms with E-state index in [1.165, 1.54) is 5.32 Å². The van der Waals surface area contributed by atoms with Crippen molar-refractivity contribution in [2.24, 2.45) is 0 Å². The number of H-pyrrole nitrogens is 1. The standard InChI is InChI=1S/C14H14F3N3O6/c15-14(16,17)12(24)18-3-1-2-7-5-20(13(25)19-11(7)23)10-4-8(22)9(6-21)26-10/h5,8-10,21-22H,3-4,6H2,(H,18,24)(H,19,23,25)/t8-,9-,10-/m1/s1. The zero-order valence-corrected chi connectivity index (χ0v) is 13.0. The molecular formula is C14H14F3N3O6. The van der Waals surface area contributed by atoms with Gasteiger partial charge in [0.05, 0.1) is 19.3 Å². The van der Waals surface area contributed by atoms with Gasteiger partial charge in [0, 0.05) is 12.6 Å². The number of hydrogen-bond donors (Lipinski definition) is 4. The minimum atomic E-state index is -5.05. The third-order valence-corrected chi connectivity index (χ3v) is 3.48. The lowest BCUT2D eigenvalue weighted by atomic mass is 10.2. The van der Waals surface area contributed by atoms with E-state index in [2.05, 4.69) is 11.8 Å². The topological polar surface area (TPSA) is 134 Å². The van der Waals surface area contributed by atoms with Crippen LogP contribution in [0, 0.1) is 11.8 Å². The maximum Gasteiger partial charge on any atom is 0.471 e. The fourth-order valence-electron chi connectivity index (χ4n) is 2.20. The molecule has 1 saturated heterocycles. The minimum Gasteiger partial charge on any atom is -0.394 e. The number of aliphatic hydroxyl groups excluding tert-OH is 2. The van der Waals surface area contributed by atoms with E-state index in [1.807, 2.05) is 4.98 Å². The molecule has 1 aliphatic heterocycles. The van der Waals surface area contributed by atoms with Crippen molar-refractivity contribution in [1.29, 1.82) is 0 Å². The van der Waals surface area contributed by atoms with E-state index in [1.54, 1.807) is 0 Å². The Hall–Kier alpha value is -2.62. The van der Waals surface area contributed by atoms with Gasteiger partial charge in [-0.25, -0.2) is 4.79 Å². The number of amides is 1. The molecule has 0 bridgehead atoms. The summed E-state index contributed by atoms with van der Waals surface area (Å²) < 4.78 is 42.3. The van der Waals surface area contributed by atoms with Crippen LogP contribution in [0.4, 0.5) is 13.2 Å². The van der Waals surface area contributed by atoms with Crippen LogP contribution in [0.25, 0.3) is 0 Å². The quantitative estimate of drug-likeness (QED) is 0.460. The molecule has 0 spiro atoms. The van der Waals surface area contributed by atoms with Gasteiger partial charge >= 0.3 is 17.8 Å². The molecule has 0 aliphatic carbocycles. The number of alkyl halides is 3. The first-order chi connectivity index (χ1) is 12.1. The van der Waals surface area contributed by atoms with Crippen LogP contribution in [-0.2, 0) is 9.53 Å². The molecule has 12 heteroatoms. The Morgan fingerprint density at radius 2 is 2.15 bits per heavy atom. The summed E-state index contributed by atoms with van der Waals surface area (Å²) in [6.07, 6.45) is -6.92. The van der Waals surface area contributed by atoms with Crippen molar-refractivity contribution < 1.29 is 32.9 Å². The van der Waals surface area contributed by atoms with Crippen molar-refractivity contribution in [2.45, 2.75) is 31.0 Å². The number of carbonyl (C=O) groups is 1. The highest BCUT2D eigenvalue weighted by Crippen LogP contribution is 2.27. The maximum absolute atomic E-state index is 12.0. The van der Waals surface area contributed by atoms with E-state index >= 15 is 0 Å². The molecule has 0 saturated carbocycles. The highest BCUT2D eigenvalue weighted by molar-refractivity contribution is 5.81. The van der Waals surface area contributed by atoms with Gasteiger partial charge in [-0.3, -0.25) is 19.1 Å². The second-order valence-electron chi connectivity index (χ2n) is 5.31. The SMILES string of the molecule is O=C(NCC#Cc1cn([C@H]2C[C@@H](O)[C@@H](CO)O2)c(=O)[nH]c1=O)C(F)(F)F. The molecule has 1 amide bonds. The van der Waals surface area contributed by atoms with Crippen LogP contribution in [-0.4, -0.2) is 57.2 Å². The van der Waals surface area contributed by atoms with E-state index in [9.17, 15) is 32.7 Å². The Bertz CT molecular complexity index is 850. The Kier molecular flexibility index (Phi) is 5.86. The lowest BCUT2D eigenvalue weighted by Gasteiger charge is -2.14. The minimum absolute atomic E-state index is 0.0221. The first-order valence-corrected chi connectivity index (χ1v) is 7.27. The maximum atomic E-state index is 12.0. The van der Waals surface area contributed by atoms with Crippen LogP contribution in [0.1, 0.15) is 18.2 Å². The van der Waals surface area contributed by atoms with Gasteiger partial charge in [-0.2, -0.15) is 13.2 Å². The number of ether oxygens (including phenoxy) is 1. The highest BCUT2D eigenvalue weighted by Gasteiger charge is 2.38. The zero-order valence-electron chi connectivity index (χ0n) is 13.0. The zero-order chi connectivity index (χ0) is 19.5. The van der Waals surface area contributed by atoms with E-state index in [0.29, 0.717) is 0 Å². The number of halogens is 3. The largest absolute Gasteiger partial charge is 0.471 e. The third kappa shape index (κ3) is 4.51. The van der Waals surface area contributed by atoms with Crippen molar-refractivity contribution in [2.75, 3.05) is 13.2 Å². The van der Waals surface area contributed by atoms with Crippen LogP contribution in [0.15, 0.2) is 15.8 Å². The second-order valence-corrected chi connectivity index (χ2v) is 5.31. The highest BCUT2D eigenvalue weighted by atomic mass is 19.4. The summed E-state index contributed by atoms with van der Waals surface area (Å²) >= 11 is 0. The number of carbonyl (C=O) groups excluding carboxylic acids is 1. The molecular weight excluding hydrogens is 363 g/mol. The van der Waals surface area contributed by atoms with Gasteiger partial charge in [0.2, 0.25) is 0 Å². The summed E-state index contributed by atoms with van der Waals surface area (Å²) in [5.74, 6) is 2.24. The summed E-state index contributed by atoms with van der Waals surface area (Å²) in [6.45, 7) is -1.14. The number of nitrogens with one attached hydrogen (secondary N) is 2. The number of aromatic amines is 1. The fourth-order valence-corrected chi connectivity index (χ4v) is 2.20. The predicted octanol–water partition coefficient (Wildman–Crippen LogP) is -1.79. The average molecular weight is 377 g/mol. The molecule has 2 heterocycles. The molecule has 0 unspecified atom stereocenters. The van der Waals surface area contributed by atoms with Gasteiger partial charge in [-0.15, -0.1) is 0 Å². The molecule has 9 nitrogen and oxygen atoms in total. The van der Waals surface area contributed by atoms with Crippen LogP contribution in [0.3, 0.4) is 0 Å². The molecule has 1 aliphatic rings. The van der Waals surface area contributed by atoms with Gasteiger partial charge in [0.25, 0.3) is 5.56 Å². The van der Waals surface area contributed by atoms with Crippen molar-refractivity contribution in [1.82, 2.24) is 14.9 Å². The van der Waals surface area contributed by atoms with Crippen molar-refractivity contribution in [3.63, 3.8) is 0 Å². The molecule has 0 aromatic carbocycles. The van der Waals surface area contributed by atoms with E-state index in [4.69, 9.17) is 9.84 Å². The first kappa shape index (κ1) is 19.7. The first-order valence-electron chi connectivity index (χ1n) is 7.27. The van der Waals surface area contributed by atoms with Gasteiger partial charge in [-0.05, 0) is 0 Å². The number of nitrogens with zero attached hydrogens (tertiary/aromatic N) is 1. The average Bonchev–Trinajstić information content (AvgIpc) is 2.92. The predicted molar refractivity (Wildman–Crippen MR) is 78.9 cm³/mol. The molecule has 2 rings (SSSR count). The Morgan fingerprint density at radius 1 is 1.46 bits per heavy atom. The molecule has 26 heavy (non-hydrogen) atoms. The summed E-state index contributed by atoms with van der Waals surface area (Å²) in [4.78, 5) is 36.2. The molecule has 4 N–H and O–H groups in total. The number of hydrogen-bond acceptors (Lipinski definition) is 6. The monoisotopic (exact) mass is 377 g/mol. The van der Waals surface area contributed by atoms with Crippen molar-refractivity contribution in [3.8, 4) is 11.8 Å². The third-order valence-electron chi connectivity index (χ3n) is 3.48. The summed E-state index contributed by atoms with van der Waals surface area (Å²) in [5.41, 5.74) is -1.98. The molecule has 1 aromatic rings. The van der Waals surface area contributed by atoms with Gasteiger partial charge in [-0.1, -0.05) is 11.8 Å². The van der Waals surface area contributed by atoms with E-state index in [0.717, 1.165) is 10.8 Å². The van der Waals surface area contributed by atoms with E-state index in [-0.39, 0.29) is 12.0 Å². The molecule has 3 atom stereocenters. The number of rotatable bonds is 3. The lowest BCUT2D eigenvalue weighted by molar-refractivity contribution is -0.173. The summed E-state index contributed by atoms with van der Waals surface area (Å²) in [6, 6.07) is 0. The van der Waals surface area contributed by atoms with Crippen molar-refractivity contribution >= 4 is 5.91 Å². The molecule has 1 aromatic heterocycles. The molecule has 1 fully saturated rings. The van der Waals surface area contributed by atoms with Crippen LogP contribution < -0.4 is 16.6 Å². The van der Waals surface area contributed by atoms with Crippen molar-refractivity contribution in [3.05, 3.63) is 32.6 Å². The Morgan fingerprint density at radius 3 is 2.73 bits per heavy atom. The Balaban J connectivity index is 2.17. The van der Waals surface area contributed by atoms with Crippen LogP contribution in [0.5, 0.6) is 0 Å². The summed E-state index contributed by atoms with van der Waals surface area (Å²) in [5, 5.41) is 20.3. The van der Waals surface area contributed by atoms with E-state index < -0.39 is 54.9 Å². The van der Waals surface area contributed by atoms with Crippen LogP contribution in [0.2, 0.25) is 0 Å². The van der Waals surface area contributed by atoms with Gasteiger partial charge in [0.1, 0.15) is 17.9 Å². The second kappa shape index (κ2) is 7.73. The Labute approximate surface area is 143 Å². The smallest absolute Gasteiger partial charge is 0.394 e. The number of aliphatic hydroxyl groups is 2. The summed E-state index contributed by atoms with van der Waals surface area (Å²) in [7, 11) is 0. The number of aromatic nitrogens is 2. The normalized spacial score (nSPS) is 22.6.